The number of hydrogen-bond donors (Lipinski definition) is 0. The van der Waals surface area contributed by atoms with Gasteiger partial charge < -0.3 is 4.57 Å². The number of hydrogen-bond acceptors (Lipinski definition) is 2. The molecule has 1 unspecified atom stereocenters. The second-order valence-corrected chi connectivity index (χ2v) is 5.75. The van der Waals surface area contributed by atoms with Gasteiger partial charge in [0.2, 0.25) is 0 Å². The van der Waals surface area contributed by atoms with Crippen LogP contribution in [-0.2, 0) is 6.54 Å². The molecule has 0 aliphatic rings. The Hall–Kier alpha value is -1.58. The van der Waals surface area contributed by atoms with E-state index in [-0.39, 0.29) is 5.38 Å². The van der Waals surface area contributed by atoms with Crippen molar-refractivity contribution in [3.63, 3.8) is 0 Å². The fraction of sp³-hybridized carbons (Fsp3) is 0.200. The monoisotopic (exact) mass is 305 g/mol. The Morgan fingerprint density at radius 3 is 2.70 bits per heavy atom. The molecule has 5 heteroatoms. The molecule has 0 fully saturated rings. The zero-order chi connectivity index (χ0) is 14.1. The molecule has 0 amide bonds. The first kappa shape index (κ1) is 13.4. The maximum Gasteiger partial charge on any atom is 0.160 e. The minimum atomic E-state index is -0.188. The Balaban J connectivity index is 2.14. The highest BCUT2D eigenvalue weighted by molar-refractivity contribution is 6.31. The highest BCUT2D eigenvalue weighted by atomic mass is 35.5. The third kappa shape index (κ3) is 2.51. The van der Waals surface area contributed by atoms with E-state index in [1.807, 2.05) is 35.8 Å². The molecule has 102 valence electrons. The third-order valence-corrected chi connectivity index (χ3v) is 3.52. The molecular formula is C15H13Cl2N3. The second kappa shape index (κ2) is 5.43. The van der Waals surface area contributed by atoms with E-state index in [4.69, 9.17) is 23.2 Å². The second-order valence-electron chi connectivity index (χ2n) is 4.65. The van der Waals surface area contributed by atoms with Crippen LogP contribution in [0.1, 0.15) is 23.7 Å². The Morgan fingerprint density at radius 1 is 1.25 bits per heavy atom. The quantitative estimate of drug-likeness (QED) is 0.670. The minimum Gasteiger partial charge on any atom is -0.307 e. The molecule has 3 nitrogen and oxygen atoms in total. The van der Waals surface area contributed by atoms with Gasteiger partial charge >= 0.3 is 0 Å². The lowest BCUT2D eigenvalue weighted by atomic mass is 10.2. The predicted molar refractivity (Wildman–Crippen MR) is 82.4 cm³/mol. The molecule has 3 rings (SSSR count). The van der Waals surface area contributed by atoms with Crippen LogP contribution in [0.3, 0.4) is 0 Å². The molecule has 1 atom stereocenters. The normalized spacial score (nSPS) is 12.8. The van der Waals surface area contributed by atoms with E-state index >= 15 is 0 Å². The molecule has 20 heavy (non-hydrogen) atoms. The number of pyridine rings is 1. The minimum absolute atomic E-state index is 0.188. The van der Waals surface area contributed by atoms with Crippen molar-refractivity contribution < 1.29 is 0 Å². The van der Waals surface area contributed by atoms with Gasteiger partial charge in [0.05, 0.1) is 16.9 Å². The van der Waals surface area contributed by atoms with Gasteiger partial charge in [0, 0.05) is 6.20 Å². The zero-order valence-corrected chi connectivity index (χ0v) is 12.4. The van der Waals surface area contributed by atoms with E-state index < -0.39 is 0 Å². The fourth-order valence-electron chi connectivity index (χ4n) is 2.23. The SMILES string of the molecule is CC(Cl)c1nc2cc(Cl)cnc2n1Cc1ccccc1. The average Bonchev–Trinajstić information content (AvgIpc) is 2.78. The molecule has 1 aromatic carbocycles. The summed E-state index contributed by atoms with van der Waals surface area (Å²) < 4.78 is 2.04. The van der Waals surface area contributed by atoms with Crippen molar-refractivity contribution in [1.29, 1.82) is 0 Å². The number of nitrogens with zero attached hydrogens (tertiary/aromatic N) is 3. The largest absolute Gasteiger partial charge is 0.307 e. The molecule has 2 heterocycles. The summed E-state index contributed by atoms with van der Waals surface area (Å²) in [5.74, 6) is 0.806. The summed E-state index contributed by atoms with van der Waals surface area (Å²) in [6.45, 7) is 2.60. The van der Waals surface area contributed by atoms with Gasteiger partial charge in [-0.2, -0.15) is 0 Å². The number of halogens is 2. The van der Waals surface area contributed by atoms with E-state index in [0.717, 1.165) is 17.0 Å². The summed E-state index contributed by atoms with van der Waals surface area (Å²) in [6.07, 6.45) is 1.63. The molecule has 0 aliphatic carbocycles. The molecule has 0 aliphatic heterocycles. The van der Waals surface area contributed by atoms with E-state index in [9.17, 15) is 0 Å². The Kier molecular flexibility index (Phi) is 3.64. The molecule has 2 aromatic heterocycles. The molecule has 3 aromatic rings. The number of fused-ring (bicyclic) bond motifs is 1. The van der Waals surface area contributed by atoms with Gasteiger partial charge in [-0.05, 0) is 18.6 Å². The van der Waals surface area contributed by atoms with Crippen molar-refractivity contribution in [3.8, 4) is 0 Å². The van der Waals surface area contributed by atoms with Crippen LogP contribution in [0.4, 0.5) is 0 Å². The first-order valence-electron chi connectivity index (χ1n) is 6.35. The fourth-order valence-corrected chi connectivity index (χ4v) is 2.55. The topological polar surface area (TPSA) is 30.7 Å². The number of alkyl halides is 1. The molecule has 0 N–H and O–H groups in total. The van der Waals surface area contributed by atoms with Crippen LogP contribution in [0.2, 0.25) is 5.02 Å². The highest BCUT2D eigenvalue weighted by Crippen LogP contribution is 2.25. The van der Waals surface area contributed by atoms with Crippen LogP contribution >= 0.6 is 23.2 Å². The summed E-state index contributed by atoms with van der Waals surface area (Å²) in [5, 5.41) is 0.391. The van der Waals surface area contributed by atoms with Gasteiger partial charge in [0.15, 0.2) is 5.65 Å². The van der Waals surface area contributed by atoms with Crippen LogP contribution in [0.5, 0.6) is 0 Å². The van der Waals surface area contributed by atoms with Gasteiger partial charge in [0.1, 0.15) is 11.3 Å². The first-order valence-corrected chi connectivity index (χ1v) is 7.16. The van der Waals surface area contributed by atoms with Crippen molar-refractivity contribution in [2.24, 2.45) is 0 Å². The summed E-state index contributed by atoms with van der Waals surface area (Å²) in [5.41, 5.74) is 2.76. The smallest absolute Gasteiger partial charge is 0.160 e. The number of aromatic nitrogens is 3. The van der Waals surface area contributed by atoms with Crippen molar-refractivity contribution in [1.82, 2.24) is 14.5 Å². The van der Waals surface area contributed by atoms with Gasteiger partial charge in [-0.3, -0.25) is 0 Å². The predicted octanol–water partition coefficient (Wildman–Crippen LogP) is 4.43. The van der Waals surface area contributed by atoms with Crippen molar-refractivity contribution >= 4 is 34.4 Å². The van der Waals surface area contributed by atoms with Crippen LogP contribution in [-0.4, -0.2) is 14.5 Å². The van der Waals surface area contributed by atoms with E-state index in [1.54, 1.807) is 6.20 Å². The van der Waals surface area contributed by atoms with E-state index in [2.05, 4.69) is 22.1 Å². The van der Waals surface area contributed by atoms with Gasteiger partial charge in [0.25, 0.3) is 0 Å². The standard InChI is InChI=1S/C15H13Cl2N3/c1-10(16)14-19-13-7-12(17)8-18-15(13)20(14)9-11-5-3-2-4-6-11/h2-8,10H,9H2,1H3. The lowest BCUT2D eigenvalue weighted by Crippen LogP contribution is -2.06. The van der Waals surface area contributed by atoms with Gasteiger partial charge in [-0.1, -0.05) is 41.9 Å². The number of benzene rings is 1. The zero-order valence-electron chi connectivity index (χ0n) is 10.9. The maximum absolute atomic E-state index is 6.24. The van der Waals surface area contributed by atoms with E-state index in [0.29, 0.717) is 11.6 Å². The Bertz CT molecular complexity index is 735. The van der Waals surface area contributed by atoms with Crippen molar-refractivity contribution in [3.05, 3.63) is 59.0 Å². The van der Waals surface area contributed by atoms with E-state index in [1.165, 1.54) is 5.56 Å². The summed E-state index contributed by atoms with van der Waals surface area (Å²) >= 11 is 12.2. The van der Waals surface area contributed by atoms with Crippen LogP contribution in [0.25, 0.3) is 11.2 Å². The van der Waals surface area contributed by atoms with Gasteiger partial charge in [-0.15, -0.1) is 11.6 Å². The molecular weight excluding hydrogens is 293 g/mol. The maximum atomic E-state index is 6.24. The molecule has 0 radical (unpaired) electrons. The number of imidazole rings is 1. The van der Waals surface area contributed by atoms with Crippen LogP contribution < -0.4 is 0 Å². The Labute approximate surface area is 127 Å². The molecule has 0 bridgehead atoms. The lowest BCUT2D eigenvalue weighted by Gasteiger charge is -2.09. The molecule has 0 saturated heterocycles. The molecule has 0 saturated carbocycles. The van der Waals surface area contributed by atoms with Crippen LogP contribution in [0.15, 0.2) is 42.6 Å². The highest BCUT2D eigenvalue weighted by Gasteiger charge is 2.16. The summed E-state index contributed by atoms with van der Waals surface area (Å²) in [4.78, 5) is 8.94. The first-order chi connectivity index (χ1) is 9.65. The number of rotatable bonds is 3. The lowest BCUT2D eigenvalue weighted by molar-refractivity contribution is 0.736. The van der Waals surface area contributed by atoms with Gasteiger partial charge in [-0.25, -0.2) is 9.97 Å². The molecule has 0 spiro atoms. The van der Waals surface area contributed by atoms with Crippen LogP contribution in [0, 0.1) is 0 Å². The third-order valence-electron chi connectivity index (χ3n) is 3.12. The van der Waals surface area contributed by atoms with Crippen molar-refractivity contribution in [2.75, 3.05) is 0 Å². The summed E-state index contributed by atoms with van der Waals surface area (Å²) in [7, 11) is 0. The summed E-state index contributed by atoms with van der Waals surface area (Å²) in [6, 6.07) is 12.0. The Morgan fingerprint density at radius 2 is 2.00 bits per heavy atom. The van der Waals surface area contributed by atoms with Crippen molar-refractivity contribution in [2.45, 2.75) is 18.8 Å². The average molecular weight is 306 g/mol.